The Morgan fingerprint density at radius 3 is 1.58 bits per heavy atom. The fourth-order valence-corrected chi connectivity index (χ4v) is 7.34. The molecule has 0 heterocycles. The molecule has 316 valence electrons. The Kier molecular flexibility index (Phi) is 17.9. The van der Waals surface area contributed by atoms with Gasteiger partial charge in [-0.25, -0.2) is 4.79 Å². The molecule has 0 saturated carbocycles. The van der Waals surface area contributed by atoms with E-state index in [0.29, 0.717) is 11.1 Å². The van der Waals surface area contributed by atoms with Crippen LogP contribution in [0.2, 0.25) is 0 Å². The van der Waals surface area contributed by atoms with E-state index in [1.54, 1.807) is 13.8 Å². The Bertz CT molecular complexity index is 3260. The van der Waals surface area contributed by atoms with Crippen LogP contribution in [0, 0.1) is 6.07 Å². The number of fused-ring (bicyclic) bond motifs is 8. The van der Waals surface area contributed by atoms with Gasteiger partial charge in [-0.05, 0) is 92.3 Å². The second kappa shape index (κ2) is 23.5. The molecule has 1 unspecified atom stereocenters. The molecule has 0 aromatic heterocycles. The maximum Gasteiger partial charge on any atom is 2.00 e. The maximum atomic E-state index is 12.6. The van der Waals surface area contributed by atoms with Gasteiger partial charge in [0.25, 0.3) is 0 Å². The van der Waals surface area contributed by atoms with E-state index in [4.69, 9.17) is 16.3 Å². The Morgan fingerprint density at radius 2 is 1.00 bits per heavy atom. The topological polar surface area (TPSA) is 60.4 Å². The first-order valence-corrected chi connectivity index (χ1v) is 20.8. The molecule has 0 bridgehead atoms. The van der Waals surface area contributed by atoms with Gasteiger partial charge in [0.2, 0.25) is 5.24 Å². The minimum atomic E-state index is -0.539. The quantitative estimate of drug-likeness (QED) is 0.0317. The molecule has 4 nitrogen and oxygen atoms in total. The number of benzene rings is 10. The zero-order valence-electron chi connectivity index (χ0n) is 36.1. The van der Waals surface area contributed by atoms with Crippen molar-refractivity contribution in [3.05, 3.63) is 241 Å². The first-order valence-electron chi connectivity index (χ1n) is 20.4. The number of halogens is 2. The molecule has 0 aliphatic carbocycles. The molecule has 65 heavy (non-hydrogen) atoms. The summed E-state index contributed by atoms with van der Waals surface area (Å²) in [6, 6.07) is 69.0. The summed E-state index contributed by atoms with van der Waals surface area (Å²) >= 11 is 4.87. The van der Waals surface area contributed by atoms with Crippen LogP contribution in [0.1, 0.15) is 41.4 Å². The van der Waals surface area contributed by atoms with Gasteiger partial charge in [-0.3, -0.25) is 9.59 Å². The van der Waals surface area contributed by atoms with Crippen LogP contribution in [0.15, 0.2) is 218 Å². The summed E-state index contributed by atoms with van der Waals surface area (Å²) < 4.78 is 6.05. The fraction of sp³-hybridized carbons (Fsp3) is 0.0517. The largest absolute Gasteiger partial charge is 2.00 e. The zero-order chi connectivity index (χ0) is 44.3. The van der Waals surface area contributed by atoms with Gasteiger partial charge < -0.3 is 21.7 Å². The van der Waals surface area contributed by atoms with Crippen molar-refractivity contribution in [2.45, 2.75) is 20.0 Å². The average molecular weight is 945 g/mol. The summed E-state index contributed by atoms with van der Waals surface area (Å²) in [6.07, 6.45) is 0.329. The van der Waals surface area contributed by atoms with Gasteiger partial charge in [0.15, 0.2) is 6.10 Å². The van der Waals surface area contributed by atoms with Gasteiger partial charge in [-0.15, -0.1) is 35.0 Å². The van der Waals surface area contributed by atoms with Gasteiger partial charge in [-0.2, -0.15) is 0 Å². The molecule has 0 radical (unpaired) electrons. The summed E-state index contributed by atoms with van der Waals surface area (Å²) in [4.78, 5) is 32.9. The SMILES string of the molecule is C=C(C)C(=O)Cl.C=C(C)C(=O)OC(c1ccc2ccccc2c1)c1cc2ccccc2c2ccccc12.O=Cc1ccc2ccccc2c1.[Br-].[Mg+2].[c-]1cc2ccccc2c2ccccc12. The number of esters is 1. The van der Waals surface area contributed by atoms with Crippen LogP contribution in [0.4, 0.5) is 0 Å². The minimum Gasteiger partial charge on any atom is -1.00 e. The second-order valence-corrected chi connectivity index (χ2v) is 15.4. The molecule has 0 saturated heterocycles. The van der Waals surface area contributed by atoms with Crippen LogP contribution in [-0.2, 0) is 14.3 Å². The van der Waals surface area contributed by atoms with Gasteiger partial charge >= 0.3 is 29.0 Å². The Balaban J connectivity index is 0.000000192. The van der Waals surface area contributed by atoms with Crippen LogP contribution < -0.4 is 17.0 Å². The molecular formula is C58H44BrClMgO4. The standard InChI is InChI=1S/C29H22O2.C14H9.C11H8O.C4H5ClO.BrH.Mg/c1-19(2)29(30)31-28(23-16-15-20-9-3-4-10-21(20)17-23)27-18-22-11-5-6-12-24(22)25-13-7-8-14-26(25)27;1-3-7-13-11(5-1)9-10-12-6-2-4-8-14(12)13;12-8-9-5-6-10-3-1-2-4-11(10)7-9;1-3(2)4(5)6;;/h3-18,28H,1H2,2H3;1-9H;1-8H;1H2,2H3;1H;/q;-1;;;;+2/p-1. The number of carbonyl (C=O) groups is 3. The van der Waals surface area contributed by atoms with Crippen molar-refractivity contribution in [2.24, 2.45) is 0 Å². The van der Waals surface area contributed by atoms with Crippen LogP contribution in [-0.4, -0.2) is 40.6 Å². The third kappa shape index (κ3) is 12.2. The monoisotopic (exact) mass is 942 g/mol. The molecule has 7 heteroatoms. The smallest absolute Gasteiger partial charge is 1.00 e. The number of ether oxygens (including phenoxy) is 1. The maximum absolute atomic E-state index is 12.6. The normalized spacial score (nSPS) is 10.7. The van der Waals surface area contributed by atoms with Crippen LogP contribution in [0.25, 0.3) is 64.6 Å². The van der Waals surface area contributed by atoms with Crippen molar-refractivity contribution in [3.63, 3.8) is 0 Å². The van der Waals surface area contributed by atoms with E-state index in [1.807, 2.05) is 84.9 Å². The number of carbonyl (C=O) groups excluding carboxylic acids is 3. The third-order valence-corrected chi connectivity index (χ3v) is 10.9. The molecule has 10 rings (SSSR count). The number of allylic oxidation sites excluding steroid dienone is 1. The van der Waals surface area contributed by atoms with Crippen molar-refractivity contribution in [2.75, 3.05) is 0 Å². The van der Waals surface area contributed by atoms with Crippen molar-refractivity contribution in [1.29, 1.82) is 0 Å². The van der Waals surface area contributed by atoms with Gasteiger partial charge in [0.1, 0.15) is 6.29 Å². The van der Waals surface area contributed by atoms with E-state index in [-0.39, 0.29) is 40.0 Å². The molecule has 0 aliphatic rings. The van der Waals surface area contributed by atoms with E-state index < -0.39 is 17.3 Å². The predicted octanol–water partition coefficient (Wildman–Crippen LogP) is 11.8. The van der Waals surface area contributed by atoms with E-state index in [0.717, 1.165) is 55.3 Å². The number of aldehydes is 1. The van der Waals surface area contributed by atoms with Crippen molar-refractivity contribution >= 4 is 117 Å². The summed E-state index contributed by atoms with van der Waals surface area (Å²) in [6.45, 7) is 10.3. The molecule has 1 atom stereocenters. The summed E-state index contributed by atoms with van der Waals surface area (Å²) in [5.41, 5.74) is 3.41. The van der Waals surface area contributed by atoms with Gasteiger partial charge in [0.05, 0.1) is 0 Å². The molecule has 0 spiro atoms. The van der Waals surface area contributed by atoms with Crippen molar-refractivity contribution in [1.82, 2.24) is 0 Å². The summed E-state index contributed by atoms with van der Waals surface area (Å²) in [5, 5.41) is 13.6. The van der Waals surface area contributed by atoms with Gasteiger partial charge in [0, 0.05) is 22.3 Å². The Hall–Kier alpha value is -6.41. The second-order valence-electron chi connectivity index (χ2n) is 15.1. The zero-order valence-corrected chi connectivity index (χ0v) is 39.9. The first kappa shape index (κ1) is 49.6. The molecular weight excluding hydrogens is 900 g/mol. The van der Waals surface area contributed by atoms with Crippen LogP contribution in [0.5, 0.6) is 0 Å². The van der Waals surface area contributed by atoms with E-state index in [2.05, 4.69) is 128 Å². The molecule has 10 aromatic rings. The van der Waals surface area contributed by atoms with Crippen molar-refractivity contribution < 1.29 is 36.1 Å². The van der Waals surface area contributed by atoms with Crippen LogP contribution >= 0.6 is 11.6 Å². The summed E-state index contributed by atoms with van der Waals surface area (Å²) in [7, 11) is 0. The summed E-state index contributed by atoms with van der Waals surface area (Å²) in [5.74, 6) is -0.393. The van der Waals surface area contributed by atoms with Crippen molar-refractivity contribution in [3.8, 4) is 0 Å². The van der Waals surface area contributed by atoms with E-state index >= 15 is 0 Å². The van der Waals surface area contributed by atoms with E-state index in [9.17, 15) is 14.4 Å². The van der Waals surface area contributed by atoms with Crippen LogP contribution in [0.3, 0.4) is 0 Å². The molecule has 0 N–H and O–H groups in total. The molecule has 10 aromatic carbocycles. The molecule has 0 amide bonds. The average Bonchev–Trinajstić information content (AvgIpc) is 3.33. The number of hydrogen-bond acceptors (Lipinski definition) is 4. The first-order chi connectivity index (χ1) is 30.6. The Morgan fingerprint density at radius 1 is 0.538 bits per heavy atom. The minimum absolute atomic E-state index is 0. The molecule has 0 aliphatic heterocycles. The predicted molar refractivity (Wildman–Crippen MR) is 269 cm³/mol. The van der Waals surface area contributed by atoms with E-state index in [1.165, 1.54) is 32.3 Å². The fourth-order valence-electron chi connectivity index (χ4n) is 7.34. The van der Waals surface area contributed by atoms with Gasteiger partial charge in [-0.1, -0.05) is 182 Å². The molecule has 0 fully saturated rings. The number of hydrogen-bond donors (Lipinski definition) is 0. The number of rotatable bonds is 6. The third-order valence-electron chi connectivity index (χ3n) is 10.5. The Labute approximate surface area is 411 Å².